The van der Waals surface area contributed by atoms with Crippen LogP contribution in [0.2, 0.25) is 0 Å². The summed E-state index contributed by atoms with van der Waals surface area (Å²) in [6, 6.07) is -0.117. The molecular weight excluding hydrogens is 284 g/mol. The first-order chi connectivity index (χ1) is 10.3. The Hall–Kier alpha value is -1.72. The molecule has 0 N–H and O–H groups in total. The van der Waals surface area contributed by atoms with Crippen LogP contribution in [0, 0.1) is 11.8 Å². The molecule has 2 aliphatic heterocycles. The number of hydrogen-bond acceptors (Lipinski definition) is 4. The summed E-state index contributed by atoms with van der Waals surface area (Å²) in [6.45, 7) is 5.86. The fourth-order valence-corrected chi connectivity index (χ4v) is 3.19. The second kappa shape index (κ2) is 6.58. The van der Waals surface area contributed by atoms with Gasteiger partial charge in [-0.25, -0.2) is 0 Å². The normalized spacial score (nSPS) is 27.2. The smallest absolute Gasteiger partial charge is 0.232 e. The van der Waals surface area contributed by atoms with Gasteiger partial charge in [-0.2, -0.15) is 0 Å². The van der Waals surface area contributed by atoms with E-state index >= 15 is 0 Å². The maximum Gasteiger partial charge on any atom is 0.232 e. The van der Waals surface area contributed by atoms with E-state index in [1.165, 1.54) is 9.80 Å². The van der Waals surface area contributed by atoms with Crippen molar-refractivity contribution in [3.8, 4) is 0 Å². The molecule has 2 heterocycles. The predicted octanol–water partition coefficient (Wildman–Crippen LogP) is 1.34. The monoisotopic (exact) mass is 308 g/mol. The lowest BCUT2D eigenvalue weighted by Gasteiger charge is -2.23. The number of amides is 4. The van der Waals surface area contributed by atoms with Gasteiger partial charge in [0, 0.05) is 37.3 Å². The van der Waals surface area contributed by atoms with Gasteiger partial charge in [0.25, 0.3) is 0 Å². The molecule has 122 valence electrons. The molecule has 2 rings (SSSR count). The highest BCUT2D eigenvalue weighted by molar-refractivity contribution is 6.04. The van der Waals surface area contributed by atoms with E-state index in [1.54, 1.807) is 13.8 Å². The summed E-state index contributed by atoms with van der Waals surface area (Å²) in [5.74, 6) is -0.773. The van der Waals surface area contributed by atoms with Crippen LogP contribution in [-0.2, 0) is 19.2 Å². The number of carbonyl (C=O) groups excluding carboxylic acids is 4. The van der Waals surface area contributed by atoms with E-state index in [-0.39, 0.29) is 41.5 Å². The third-order valence-electron chi connectivity index (χ3n) is 4.57. The summed E-state index contributed by atoms with van der Waals surface area (Å²) in [5, 5.41) is 0. The lowest BCUT2D eigenvalue weighted by Crippen LogP contribution is -2.38. The molecule has 3 unspecified atom stereocenters. The van der Waals surface area contributed by atoms with Crippen LogP contribution in [-0.4, -0.2) is 46.0 Å². The van der Waals surface area contributed by atoms with Crippen LogP contribution in [0.1, 0.15) is 52.9 Å². The van der Waals surface area contributed by atoms with Crippen LogP contribution in [0.25, 0.3) is 0 Å². The summed E-state index contributed by atoms with van der Waals surface area (Å²) in [6.07, 6.45) is 2.80. The Kier molecular flexibility index (Phi) is 4.98. The van der Waals surface area contributed by atoms with Gasteiger partial charge in [0.05, 0.1) is 0 Å². The topological polar surface area (TPSA) is 74.8 Å². The molecule has 6 nitrogen and oxygen atoms in total. The van der Waals surface area contributed by atoms with Crippen LogP contribution in [0.5, 0.6) is 0 Å². The van der Waals surface area contributed by atoms with E-state index in [2.05, 4.69) is 0 Å². The van der Waals surface area contributed by atoms with Crippen LogP contribution in [0.4, 0.5) is 0 Å². The molecule has 0 aromatic heterocycles. The number of imide groups is 2. The Balaban J connectivity index is 1.75. The van der Waals surface area contributed by atoms with Gasteiger partial charge in [-0.05, 0) is 26.2 Å². The van der Waals surface area contributed by atoms with Crippen molar-refractivity contribution in [2.45, 2.75) is 58.9 Å². The van der Waals surface area contributed by atoms with Crippen molar-refractivity contribution < 1.29 is 19.2 Å². The molecule has 0 aliphatic carbocycles. The molecule has 0 bridgehead atoms. The minimum absolute atomic E-state index is 0.0863. The Morgan fingerprint density at radius 1 is 0.955 bits per heavy atom. The Bertz CT molecular complexity index is 502. The number of rotatable bonds is 6. The molecule has 22 heavy (non-hydrogen) atoms. The largest absolute Gasteiger partial charge is 0.282 e. The summed E-state index contributed by atoms with van der Waals surface area (Å²) in [4.78, 5) is 49.9. The lowest BCUT2D eigenvalue weighted by molar-refractivity contribution is -0.142. The molecule has 0 radical (unpaired) electrons. The second-order valence-electron chi connectivity index (χ2n) is 6.54. The minimum Gasteiger partial charge on any atom is -0.282 e. The molecule has 0 spiro atoms. The zero-order chi connectivity index (χ0) is 16.4. The minimum atomic E-state index is -0.212. The van der Waals surface area contributed by atoms with Crippen LogP contribution < -0.4 is 0 Å². The first kappa shape index (κ1) is 16.6. The van der Waals surface area contributed by atoms with Crippen molar-refractivity contribution in [3.05, 3.63) is 0 Å². The van der Waals surface area contributed by atoms with Crippen molar-refractivity contribution >= 4 is 23.6 Å². The molecule has 4 amide bonds. The molecule has 0 aromatic carbocycles. The third kappa shape index (κ3) is 3.20. The van der Waals surface area contributed by atoms with E-state index < -0.39 is 0 Å². The number of hydrogen-bond donors (Lipinski definition) is 0. The van der Waals surface area contributed by atoms with Crippen molar-refractivity contribution in [2.24, 2.45) is 11.8 Å². The fraction of sp³-hybridized carbons (Fsp3) is 0.750. The number of carbonyl (C=O) groups is 4. The van der Waals surface area contributed by atoms with E-state index in [0.29, 0.717) is 32.2 Å². The SMILES string of the molecule is CC1CC(=O)N(CCCCC(C)N2C(=O)CC(C)C2=O)C1=O. The third-order valence-corrected chi connectivity index (χ3v) is 4.57. The Morgan fingerprint density at radius 3 is 2.05 bits per heavy atom. The lowest BCUT2D eigenvalue weighted by atomic mass is 10.1. The predicted molar refractivity (Wildman–Crippen MR) is 79.4 cm³/mol. The second-order valence-corrected chi connectivity index (χ2v) is 6.54. The van der Waals surface area contributed by atoms with Gasteiger partial charge in [0.15, 0.2) is 0 Å². The number of likely N-dealkylation sites (tertiary alicyclic amines) is 2. The van der Waals surface area contributed by atoms with Crippen molar-refractivity contribution in [1.82, 2.24) is 9.80 Å². The van der Waals surface area contributed by atoms with Crippen molar-refractivity contribution in [1.29, 1.82) is 0 Å². The van der Waals surface area contributed by atoms with E-state index in [9.17, 15) is 19.2 Å². The van der Waals surface area contributed by atoms with E-state index in [4.69, 9.17) is 0 Å². The van der Waals surface area contributed by atoms with Crippen LogP contribution >= 0.6 is 0 Å². The van der Waals surface area contributed by atoms with Crippen LogP contribution in [0.3, 0.4) is 0 Å². The van der Waals surface area contributed by atoms with E-state index in [1.807, 2.05) is 6.92 Å². The maximum absolute atomic E-state index is 11.9. The fourth-order valence-electron chi connectivity index (χ4n) is 3.19. The molecular formula is C16H24N2O4. The average Bonchev–Trinajstić information content (AvgIpc) is 2.83. The van der Waals surface area contributed by atoms with Gasteiger partial charge >= 0.3 is 0 Å². The first-order valence-electron chi connectivity index (χ1n) is 8.03. The molecule has 2 aliphatic rings. The molecule has 2 fully saturated rings. The van der Waals surface area contributed by atoms with E-state index in [0.717, 1.165) is 6.42 Å². The summed E-state index contributed by atoms with van der Waals surface area (Å²) in [5.41, 5.74) is 0. The molecule has 2 saturated heterocycles. The van der Waals surface area contributed by atoms with Gasteiger partial charge < -0.3 is 0 Å². The summed E-state index contributed by atoms with van der Waals surface area (Å²) in [7, 11) is 0. The highest BCUT2D eigenvalue weighted by atomic mass is 16.2. The standard InChI is InChI=1S/C16H24N2O4/c1-10-8-13(19)17(15(10)21)7-5-4-6-12(3)18-14(20)9-11(2)16(18)22/h10-12H,4-9H2,1-3H3. The first-order valence-corrected chi connectivity index (χ1v) is 8.03. The molecule has 6 heteroatoms. The maximum atomic E-state index is 11.9. The number of nitrogens with zero attached hydrogens (tertiary/aromatic N) is 2. The quantitative estimate of drug-likeness (QED) is 0.548. The molecule has 3 atom stereocenters. The highest BCUT2D eigenvalue weighted by Gasteiger charge is 2.38. The van der Waals surface area contributed by atoms with Gasteiger partial charge in [-0.15, -0.1) is 0 Å². The highest BCUT2D eigenvalue weighted by Crippen LogP contribution is 2.24. The summed E-state index contributed by atoms with van der Waals surface area (Å²) >= 11 is 0. The zero-order valence-electron chi connectivity index (χ0n) is 13.5. The Labute approximate surface area is 130 Å². The number of unbranched alkanes of at least 4 members (excludes halogenated alkanes) is 1. The zero-order valence-corrected chi connectivity index (χ0v) is 13.5. The van der Waals surface area contributed by atoms with Crippen molar-refractivity contribution in [2.75, 3.05) is 6.54 Å². The summed E-state index contributed by atoms with van der Waals surface area (Å²) < 4.78 is 0. The molecule has 0 aromatic rings. The molecule has 0 saturated carbocycles. The van der Waals surface area contributed by atoms with Crippen molar-refractivity contribution in [3.63, 3.8) is 0 Å². The van der Waals surface area contributed by atoms with Gasteiger partial charge in [-0.3, -0.25) is 29.0 Å². The van der Waals surface area contributed by atoms with Crippen LogP contribution in [0.15, 0.2) is 0 Å². The van der Waals surface area contributed by atoms with Gasteiger partial charge in [0.1, 0.15) is 0 Å². The van der Waals surface area contributed by atoms with Gasteiger partial charge in [-0.1, -0.05) is 13.8 Å². The van der Waals surface area contributed by atoms with Gasteiger partial charge in [0.2, 0.25) is 23.6 Å². The Morgan fingerprint density at radius 2 is 1.55 bits per heavy atom. The average molecular weight is 308 g/mol.